The summed E-state index contributed by atoms with van der Waals surface area (Å²) in [6.45, 7) is 11.9. The molecule has 2 unspecified atom stereocenters. The van der Waals surface area contributed by atoms with Gasteiger partial charge in [0.15, 0.2) is 0 Å². The quantitative estimate of drug-likeness (QED) is 0.416. The van der Waals surface area contributed by atoms with E-state index in [0.29, 0.717) is 36.0 Å². The monoisotopic (exact) mass is 592 g/mol. The van der Waals surface area contributed by atoms with Crippen LogP contribution in [0, 0.1) is 11.8 Å². The van der Waals surface area contributed by atoms with Gasteiger partial charge in [-0.1, -0.05) is 53.4 Å². The van der Waals surface area contributed by atoms with Crippen molar-refractivity contribution in [2.75, 3.05) is 23.7 Å². The topological polar surface area (TPSA) is 108 Å². The fraction of sp³-hybridized carbons (Fsp3) is 0.529. The number of rotatable bonds is 2. The number of hydrogen-bond donors (Lipinski definition) is 2. The second kappa shape index (κ2) is 16.1. The smallest absolute Gasteiger partial charge is 0.247 e. The van der Waals surface area contributed by atoms with Crippen LogP contribution in [0.5, 0.6) is 11.5 Å². The Balaban J connectivity index is 1.84. The van der Waals surface area contributed by atoms with Crippen LogP contribution in [0.15, 0.2) is 48.5 Å². The maximum absolute atomic E-state index is 13.3. The number of fused-ring (bicyclic) bond motifs is 2. The number of hydrogen-bond acceptors (Lipinski definition) is 5. The minimum absolute atomic E-state index is 0.0580. The molecule has 2 aromatic rings. The van der Waals surface area contributed by atoms with Crippen molar-refractivity contribution >= 4 is 35.0 Å². The maximum Gasteiger partial charge on any atom is 0.247 e. The number of amides is 4. The van der Waals surface area contributed by atoms with Crippen LogP contribution in [0.3, 0.4) is 0 Å². The SMILES string of the molecule is CC(=O)N1CCCCCCCCN(C(C)=O)C(C(C)C)C(=O)Nc2ccc(cc2)Oc2ccc(cc2)NC(=O)C1C(C)C. The van der Waals surface area contributed by atoms with Crippen molar-refractivity contribution in [1.29, 1.82) is 0 Å². The van der Waals surface area contributed by atoms with Gasteiger partial charge in [-0.2, -0.15) is 0 Å². The number of ether oxygens (including phenoxy) is 1. The summed E-state index contributed by atoms with van der Waals surface area (Å²) in [5.41, 5.74) is 1.24. The molecule has 2 atom stereocenters. The number of carbonyl (C=O) groups is 4. The van der Waals surface area contributed by atoms with Crippen LogP contribution >= 0.6 is 0 Å². The van der Waals surface area contributed by atoms with Crippen LogP contribution in [-0.2, 0) is 19.2 Å². The largest absolute Gasteiger partial charge is 0.457 e. The summed E-state index contributed by atoms with van der Waals surface area (Å²) in [5.74, 6) is 0.400. The predicted octanol–water partition coefficient (Wildman–Crippen LogP) is 6.46. The van der Waals surface area contributed by atoms with Gasteiger partial charge in [0.05, 0.1) is 0 Å². The molecule has 0 spiro atoms. The van der Waals surface area contributed by atoms with Crippen molar-refractivity contribution < 1.29 is 23.9 Å². The van der Waals surface area contributed by atoms with Crippen LogP contribution in [-0.4, -0.2) is 58.6 Å². The zero-order valence-electron chi connectivity index (χ0n) is 26.5. The van der Waals surface area contributed by atoms with E-state index in [1.165, 1.54) is 13.8 Å². The zero-order chi connectivity index (χ0) is 31.5. The van der Waals surface area contributed by atoms with Gasteiger partial charge in [0, 0.05) is 38.3 Å². The van der Waals surface area contributed by atoms with Gasteiger partial charge >= 0.3 is 0 Å². The summed E-state index contributed by atoms with van der Waals surface area (Å²) in [6, 6.07) is 13.0. The van der Waals surface area contributed by atoms with Crippen molar-refractivity contribution in [2.45, 2.75) is 92.2 Å². The minimum atomic E-state index is -0.579. The maximum atomic E-state index is 13.3. The number of benzene rings is 2. The molecule has 9 nitrogen and oxygen atoms in total. The first kappa shape index (κ1) is 33.6. The number of nitrogens with one attached hydrogen (secondary N) is 2. The minimum Gasteiger partial charge on any atom is -0.457 e. The number of carbonyl (C=O) groups excluding carboxylic acids is 4. The Morgan fingerprint density at radius 1 is 0.628 bits per heavy atom. The fourth-order valence-corrected chi connectivity index (χ4v) is 5.65. The van der Waals surface area contributed by atoms with E-state index in [0.717, 1.165) is 38.5 Å². The molecule has 9 heteroatoms. The average Bonchev–Trinajstić information content (AvgIpc) is 2.93. The molecule has 3 aliphatic heterocycles. The molecule has 0 saturated heterocycles. The molecule has 2 aromatic carbocycles. The Kier molecular flexibility index (Phi) is 12.6. The van der Waals surface area contributed by atoms with E-state index in [1.807, 2.05) is 27.7 Å². The first-order valence-corrected chi connectivity index (χ1v) is 15.5. The van der Waals surface area contributed by atoms with Crippen molar-refractivity contribution in [3.63, 3.8) is 0 Å². The Bertz CT molecular complexity index is 1130. The van der Waals surface area contributed by atoms with Gasteiger partial charge in [-0.3, -0.25) is 19.2 Å². The standard InChI is InChI=1S/C34H48N4O5/c1-23(2)31-33(41)35-27-13-17-29(18-14-27)43-30-19-15-28(16-20-30)36-34(42)32(24(3)4)38(26(6)40)22-12-10-8-7-9-11-21-37(31)25(5)39/h13-20,23-24,31-32H,7-12,21-22H2,1-6H3,(H,35,41)(H,36,42). The van der Waals surface area contributed by atoms with Gasteiger partial charge in [-0.25, -0.2) is 0 Å². The first-order valence-electron chi connectivity index (χ1n) is 15.5. The van der Waals surface area contributed by atoms with Gasteiger partial charge in [0.25, 0.3) is 0 Å². The first-order chi connectivity index (χ1) is 20.5. The molecule has 3 aliphatic rings. The average molecular weight is 593 g/mol. The summed E-state index contributed by atoms with van der Waals surface area (Å²) in [6.07, 6.45) is 5.45. The second-order valence-electron chi connectivity index (χ2n) is 12.1. The predicted molar refractivity (Wildman–Crippen MR) is 170 cm³/mol. The highest BCUT2D eigenvalue weighted by Crippen LogP contribution is 2.26. The highest BCUT2D eigenvalue weighted by molar-refractivity contribution is 5.98. The van der Waals surface area contributed by atoms with Gasteiger partial charge in [0.2, 0.25) is 23.6 Å². The van der Waals surface area contributed by atoms with Crippen LogP contribution in [0.2, 0.25) is 0 Å². The fourth-order valence-electron chi connectivity index (χ4n) is 5.65. The highest BCUT2D eigenvalue weighted by atomic mass is 16.5. The molecule has 5 rings (SSSR count). The molecule has 2 N–H and O–H groups in total. The second-order valence-corrected chi connectivity index (χ2v) is 12.1. The zero-order valence-corrected chi connectivity index (χ0v) is 26.5. The lowest BCUT2D eigenvalue weighted by molar-refractivity contribution is -0.138. The van der Waals surface area contributed by atoms with Crippen LogP contribution in [0.4, 0.5) is 11.4 Å². The third kappa shape index (κ3) is 9.83. The molecule has 0 radical (unpaired) electrons. The molecule has 0 aromatic heterocycles. The summed E-state index contributed by atoms with van der Waals surface area (Å²) in [4.78, 5) is 55.3. The molecular formula is C34H48N4O5. The lowest BCUT2D eigenvalue weighted by Crippen LogP contribution is -2.50. The Morgan fingerprint density at radius 2 is 0.953 bits per heavy atom. The molecule has 0 saturated carbocycles. The molecule has 234 valence electrons. The Hall–Kier alpha value is -3.88. The van der Waals surface area contributed by atoms with E-state index in [1.54, 1.807) is 58.3 Å². The molecule has 43 heavy (non-hydrogen) atoms. The number of nitrogens with zero attached hydrogens (tertiary/aromatic N) is 2. The van der Waals surface area contributed by atoms with Crippen molar-refractivity contribution in [3.05, 3.63) is 48.5 Å². The molecule has 4 amide bonds. The van der Waals surface area contributed by atoms with E-state index < -0.39 is 12.1 Å². The summed E-state index contributed by atoms with van der Waals surface area (Å²) < 4.78 is 5.97. The lowest BCUT2D eigenvalue weighted by atomic mass is 10.00. The van der Waals surface area contributed by atoms with E-state index in [9.17, 15) is 19.2 Å². The van der Waals surface area contributed by atoms with Crippen LogP contribution in [0.1, 0.15) is 80.1 Å². The normalized spacial score (nSPS) is 19.8. The van der Waals surface area contributed by atoms with Crippen molar-refractivity contribution in [2.24, 2.45) is 11.8 Å². The number of anilines is 2. The third-order valence-corrected chi connectivity index (χ3v) is 7.81. The Labute approximate surface area is 256 Å². The van der Waals surface area contributed by atoms with Crippen LogP contribution < -0.4 is 15.4 Å². The summed E-state index contributed by atoms with van der Waals surface area (Å²) in [7, 11) is 0. The van der Waals surface area contributed by atoms with Crippen LogP contribution in [0.25, 0.3) is 0 Å². The van der Waals surface area contributed by atoms with Crippen molar-refractivity contribution in [3.8, 4) is 11.5 Å². The molecule has 0 aliphatic carbocycles. The van der Waals surface area contributed by atoms with E-state index in [-0.39, 0.29) is 35.5 Å². The highest BCUT2D eigenvalue weighted by Gasteiger charge is 2.32. The van der Waals surface area contributed by atoms with Crippen molar-refractivity contribution in [1.82, 2.24) is 9.80 Å². The van der Waals surface area contributed by atoms with E-state index in [4.69, 9.17) is 4.74 Å². The van der Waals surface area contributed by atoms with Gasteiger partial charge in [-0.05, 0) is 73.2 Å². The molecule has 0 fully saturated rings. The Morgan fingerprint density at radius 3 is 1.26 bits per heavy atom. The third-order valence-electron chi connectivity index (χ3n) is 7.81. The van der Waals surface area contributed by atoms with Gasteiger partial charge in [-0.15, -0.1) is 0 Å². The summed E-state index contributed by atoms with van der Waals surface area (Å²) in [5, 5.41) is 5.94. The van der Waals surface area contributed by atoms with E-state index >= 15 is 0 Å². The van der Waals surface area contributed by atoms with E-state index in [2.05, 4.69) is 10.6 Å². The molecule has 4 bridgehead atoms. The molecule has 3 heterocycles. The summed E-state index contributed by atoms with van der Waals surface area (Å²) >= 11 is 0. The van der Waals surface area contributed by atoms with Gasteiger partial charge < -0.3 is 25.2 Å². The lowest BCUT2D eigenvalue weighted by Gasteiger charge is -2.33. The molecular weight excluding hydrogens is 544 g/mol. The van der Waals surface area contributed by atoms with Gasteiger partial charge in [0.1, 0.15) is 23.6 Å².